The standard InChI is InChI=1S/C15H20BrNO3/c16-13-3-1-12(2-4-13)11-20-15(18)7-10-19-14-5-8-17-9-6-14/h1-4,14,17H,5-11H2. The number of esters is 1. The zero-order chi connectivity index (χ0) is 14.2. The molecular weight excluding hydrogens is 322 g/mol. The first kappa shape index (κ1) is 15.5. The minimum absolute atomic E-state index is 0.207. The van der Waals surface area contributed by atoms with E-state index in [4.69, 9.17) is 9.47 Å². The van der Waals surface area contributed by atoms with Gasteiger partial charge >= 0.3 is 5.97 Å². The lowest BCUT2D eigenvalue weighted by molar-refractivity contribution is -0.146. The smallest absolute Gasteiger partial charge is 0.308 e. The van der Waals surface area contributed by atoms with Gasteiger partial charge in [0.25, 0.3) is 0 Å². The summed E-state index contributed by atoms with van der Waals surface area (Å²) >= 11 is 3.37. The molecule has 110 valence electrons. The van der Waals surface area contributed by atoms with Crippen LogP contribution in [0.25, 0.3) is 0 Å². The summed E-state index contributed by atoms with van der Waals surface area (Å²) in [6.45, 7) is 2.76. The topological polar surface area (TPSA) is 47.6 Å². The highest BCUT2D eigenvalue weighted by atomic mass is 79.9. The second kappa shape index (κ2) is 8.39. The van der Waals surface area contributed by atoms with E-state index in [-0.39, 0.29) is 12.1 Å². The molecule has 1 saturated heterocycles. The molecule has 0 spiro atoms. The van der Waals surface area contributed by atoms with Gasteiger partial charge in [0.2, 0.25) is 0 Å². The first-order valence-corrected chi connectivity index (χ1v) is 7.76. The van der Waals surface area contributed by atoms with Gasteiger partial charge in [-0.3, -0.25) is 4.79 Å². The summed E-state index contributed by atoms with van der Waals surface area (Å²) in [4.78, 5) is 11.6. The lowest BCUT2D eigenvalue weighted by Gasteiger charge is -2.22. The number of ether oxygens (including phenoxy) is 2. The molecule has 5 heteroatoms. The van der Waals surface area contributed by atoms with E-state index in [2.05, 4.69) is 21.2 Å². The summed E-state index contributed by atoms with van der Waals surface area (Å²) in [6.07, 6.45) is 2.65. The normalized spacial score (nSPS) is 16.1. The second-order valence-corrected chi connectivity index (χ2v) is 5.77. The van der Waals surface area contributed by atoms with Crippen LogP contribution in [0.4, 0.5) is 0 Å². The van der Waals surface area contributed by atoms with E-state index in [9.17, 15) is 4.79 Å². The highest BCUT2D eigenvalue weighted by molar-refractivity contribution is 9.10. The van der Waals surface area contributed by atoms with Crippen molar-refractivity contribution < 1.29 is 14.3 Å². The van der Waals surface area contributed by atoms with E-state index in [1.54, 1.807) is 0 Å². The first-order chi connectivity index (χ1) is 9.74. The Balaban J connectivity index is 1.59. The van der Waals surface area contributed by atoms with Gasteiger partial charge in [-0.1, -0.05) is 28.1 Å². The van der Waals surface area contributed by atoms with E-state index in [1.165, 1.54) is 0 Å². The van der Waals surface area contributed by atoms with Crippen molar-refractivity contribution in [3.8, 4) is 0 Å². The molecule has 1 aromatic rings. The van der Waals surface area contributed by atoms with E-state index >= 15 is 0 Å². The van der Waals surface area contributed by atoms with Crippen molar-refractivity contribution in [1.82, 2.24) is 5.32 Å². The zero-order valence-corrected chi connectivity index (χ0v) is 13.0. The summed E-state index contributed by atoms with van der Waals surface area (Å²) in [5.41, 5.74) is 0.987. The third kappa shape index (κ3) is 5.61. The Morgan fingerprint density at radius 1 is 1.25 bits per heavy atom. The lowest BCUT2D eigenvalue weighted by atomic mass is 10.1. The van der Waals surface area contributed by atoms with Crippen LogP contribution < -0.4 is 5.32 Å². The average Bonchev–Trinajstić information content (AvgIpc) is 2.48. The van der Waals surface area contributed by atoms with Crippen molar-refractivity contribution in [2.45, 2.75) is 32.0 Å². The van der Waals surface area contributed by atoms with Gasteiger partial charge in [-0.2, -0.15) is 0 Å². The van der Waals surface area contributed by atoms with Crippen molar-refractivity contribution in [1.29, 1.82) is 0 Å². The maximum absolute atomic E-state index is 11.6. The van der Waals surface area contributed by atoms with E-state index < -0.39 is 0 Å². The van der Waals surface area contributed by atoms with Crippen LogP contribution in [0.2, 0.25) is 0 Å². The second-order valence-electron chi connectivity index (χ2n) is 4.86. The summed E-state index contributed by atoms with van der Waals surface area (Å²) in [5.74, 6) is -0.207. The average molecular weight is 342 g/mol. The Bertz CT molecular complexity index is 416. The van der Waals surface area contributed by atoms with Gasteiger partial charge < -0.3 is 14.8 Å². The molecule has 1 aliphatic rings. The van der Waals surface area contributed by atoms with Crippen molar-refractivity contribution in [2.75, 3.05) is 19.7 Å². The predicted octanol–water partition coefficient (Wildman–Crippen LogP) is 2.65. The van der Waals surface area contributed by atoms with Gasteiger partial charge in [0, 0.05) is 4.47 Å². The van der Waals surface area contributed by atoms with Crippen LogP contribution in [0.1, 0.15) is 24.8 Å². The fraction of sp³-hybridized carbons (Fsp3) is 0.533. The molecule has 0 unspecified atom stereocenters. The number of carbonyl (C=O) groups is 1. The van der Waals surface area contributed by atoms with Crippen LogP contribution in [0.5, 0.6) is 0 Å². The Morgan fingerprint density at radius 2 is 1.95 bits per heavy atom. The van der Waals surface area contributed by atoms with Gasteiger partial charge in [-0.15, -0.1) is 0 Å². The van der Waals surface area contributed by atoms with Gasteiger partial charge in [-0.25, -0.2) is 0 Å². The summed E-state index contributed by atoms with van der Waals surface area (Å²) in [7, 11) is 0. The number of rotatable bonds is 6. The van der Waals surface area contributed by atoms with Crippen LogP contribution in [0, 0.1) is 0 Å². The number of hydrogen-bond acceptors (Lipinski definition) is 4. The van der Waals surface area contributed by atoms with Crippen LogP contribution in [0.3, 0.4) is 0 Å². The zero-order valence-electron chi connectivity index (χ0n) is 11.4. The fourth-order valence-electron chi connectivity index (χ4n) is 2.09. The van der Waals surface area contributed by atoms with E-state index in [0.29, 0.717) is 19.6 Å². The Morgan fingerprint density at radius 3 is 2.65 bits per heavy atom. The van der Waals surface area contributed by atoms with Crippen LogP contribution in [-0.4, -0.2) is 31.8 Å². The summed E-state index contributed by atoms with van der Waals surface area (Å²) in [6, 6.07) is 7.73. The molecule has 0 atom stereocenters. The lowest BCUT2D eigenvalue weighted by Crippen LogP contribution is -2.32. The third-order valence-electron chi connectivity index (χ3n) is 3.26. The summed E-state index contributed by atoms with van der Waals surface area (Å²) in [5, 5.41) is 3.28. The molecule has 0 aliphatic carbocycles. The van der Waals surface area contributed by atoms with Gasteiger partial charge in [0.05, 0.1) is 19.1 Å². The van der Waals surface area contributed by atoms with Crippen molar-refractivity contribution in [3.63, 3.8) is 0 Å². The largest absolute Gasteiger partial charge is 0.461 e. The van der Waals surface area contributed by atoms with Gasteiger partial charge in [-0.05, 0) is 43.6 Å². The molecular formula is C15H20BrNO3. The number of piperidine rings is 1. The van der Waals surface area contributed by atoms with E-state index in [0.717, 1.165) is 36.0 Å². The molecule has 0 bridgehead atoms. The first-order valence-electron chi connectivity index (χ1n) is 6.96. The molecule has 20 heavy (non-hydrogen) atoms. The Labute approximate surface area is 128 Å². The van der Waals surface area contributed by atoms with E-state index in [1.807, 2.05) is 24.3 Å². The number of benzene rings is 1. The molecule has 4 nitrogen and oxygen atoms in total. The monoisotopic (exact) mass is 341 g/mol. The number of nitrogens with one attached hydrogen (secondary N) is 1. The van der Waals surface area contributed by atoms with Crippen molar-refractivity contribution in [3.05, 3.63) is 34.3 Å². The Kier molecular flexibility index (Phi) is 6.50. The molecule has 1 heterocycles. The molecule has 0 saturated carbocycles. The molecule has 1 N–H and O–H groups in total. The van der Waals surface area contributed by atoms with Crippen molar-refractivity contribution >= 4 is 21.9 Å². The Hall–Kier alpha value is -0.910. The molecule has 0 amide bonds. The van der Waals surface area contributed by atoms with Crippen LogP contribution >= 0.6 is 15.9 Å². The maximum atomic E-state index is 11.6. The van der Waals surface area contributed by atoms with Crippen LogP contribution in [0.15, 0.2) is 28.7 Å². The van der Waals surface area contributed by atoms with Crippen molar-refractivity contribution in [2.24, 2.45) is 0 Å². The van der Waals surface area contributed by atoms with Gasteiger partial charge in [0.1, 0.15) is 6.61 Å². The van der Waals surface area contributed by atoms with Crippen LogP contribution in [-0.2, 0) is 20.9 Å². The highest BCUT2D eigenvalue weighted by Gasteiger charge is 2.13. The minimum Gasteiger partial charge on any atom is -0.461 e. The quantitative estimate of drug-likeness (QED) is 0.808. The molecule has 0 aromatic heterocycles. The molecule has 1 aliphatic heterocycles. The number of halogens is 1. The molecule has 1 fully saturated rings. The summed E-state index contributed by atoms with van der Waals surface area (Å²) < 4.78 is 11.9. The minimum atomic E-state index is -0.207. The highest BCUT2D eigenvalue weighted by Crippen LogP contribution is 2.12. The SMILES string of the molecule is O=C(CCOC1CCNCC1)OCc1ccc(Br)cc1. The fourth-order valence-corrected chi connectivity index (χ4v) is 2.35. The molecule has 1 aromatic carbocycles. The molecule has 0 radical (unpaired) electrons. The predicted molar refractivity (Wildman–Crippen MR) is 80.4 cm³/mol. The maximum Gasteiger partial charge on any atom is 0.308 e. The number of carbonyl (C=O) groups excluding carboxylic acids is 1. The van der Waals surface area contributed by atoms with Gasteiger partial charge in [0.15, 0.2) is 0 Å². The number of hydrogen-bond donors (Lipinski definition) is 1. The third-order valence-corrected chi connectivity index (χ3v) is 3.79. The molecule has 2 rings (SSSR count).